The van der Waals surface area contributed by atoms with E-state index < -0.39 is 113 Å². The van der Waals surface area contributed by atoms with E-state index in [1.165, 1.54) is 51.3 Å². The van der Waals surface area contributed by atoms with Gasteiger partial charge in [-0.3, -0.25) is 72.3 Å². The van der Waals surface area contributed by atoms with E-state index in [0.29, 0.717) is 55.1 Å². The zero-order valence-corrected chi connectivity index (χ0v) is 59.8. The van der Waals surface area contributed by atoms with Gasteiger partial charge in [-0.1, -0.05) is 68.8 Å². The van der Waals surface area contributed by atoms with Crippen LogP contribution in [0.1, 0.15) is 93.9 Å². The average molecular weight is 1470 g/mol. The van der Waals surface area contributed by atoms with Gasteiger partial charge in [0.2, 0.25) is 47.3 Å². The van der Waals surface area contributed by atoms with E-state index in [-0.39, 0.29) is 153 Å². The van der Waals surface area contributed by atoms with Crippen molar-refractivity contribution in [3.8, 4) is 0 Å². The third kappa shape index (κ3) is 28.8. The second-order valence-electron chi connectivity index (χ2n) is 25.4. The zero-order chi connectivity index (χ0) is 73.4. The van der Waals surface area contributed by atoms with Gasteiger partial charge in [0, 0.05) is 132 Å². The van der Waals surface area contributed by atoms with Crippen LogP contribution in [0.2, 0.25) is 0 Å². The predicted octanol–water partition coefficient (Wildman–Crippen LogP) is 0.112. The number of carboxylic acids is 4. The molecular weight excluding hydrogens is 1370 g/mol. The zero-order valence-electron chi connectivity index (χ0n) is 57.4. The summed E-state index contributed by atoms with van der Waals surface area (Å²) in [6.07, 6.45) is 3.50. The van der Waals surface area contributed by atoms with Crippen molar-refractivity contribution in [2.75, 3.05) is 122 Å². The first-order valence-electron chi connectivity index (χ1n) is 34.3. The Hall–Kier alpha value is -7.89. The van der Waals surface area contributed by atoms with Gasteiger partial charge >= 0.3 is 29.9 Å². The van der Waals surface area contributed by atoms with Crippen LogP contribution in [0.15, 0.2) is 53.5 Å². The number of urea groups is 1. The van der Waals surface area contributed by atoms with E-state index in [1.807, 2.05) is 30.0 Å². The number of nitrogens with zero attached hydrogens (tertiary/aromatic N) is 7. The molecule has 0 radical (unpaired) electrons. The first-order chi connectivity index (χ1) is 48.4. The molecule has 0 aliphatic carbocycles. The molecule has 0 saturated carbocycles. The topological polar surface area (TPSA) is 433 Å². The van der Waals surface area contributed by atoms with Crippen LogP contribution < -0.4 is 37.6 Å². The Morgan fingerprint density at radius 2 is 1.13 bits per heavy atom. The molecule has 1 unspecified atom stereocenters. The summed E-state index contributed by atoms with van der Waals surface area (Å²) in [5, 5.41) is 55.8. The number of nitrogens with two attached hydrogens (primary N) is 1. The normalized spacial score (nSPS) is 23.1. The molecule has 3 fully saturated rings. The molecule has 4 aliphatic rings. The molecule has 556 valence electrons. The van der Waals surface area contributed by atoms with Crippen molar-refractivity contribution in [2.45, 2.75) is 132 Å². The van der Waals surface area contributed by atoms with Gasteiger partial charge in [0.25, 0.3) is 0 Å². The number of unbranched alkanes of at least 4 members (excludes halogenated alkanes) is 1. The summed E-state index contributed by atoms with van der Waals surface area (Å²) in [4.78, 5) is 188. The summed E-state index contributed by atoms with van der Waals surface area (Å²) < 4.78 is 0. The Morgan fingerprint density at radius 1 is 0.604 bits per heavy atom. The highest BCUT2D eigenvalue weighted by atomic mass is 32.2. The molecule has 4 heterocycles. The predicted molar refractivity (Wildman–Crippen MR) is 381 cm³/mol. The van der Waals surface area contributed by atoms with Crippen LogP contribution in [-0.2, 0) is 81.2 Å². The number of hydrogen-bond acceptors (Lipinski definition) is 20. The van der Waals surface area contributed by atoms with Gasteiger partial charge in [0.1, 0.15) is 36.3 Å². The number of carboxylic acid groups (broad SMARTS) is 4. The maximum Gasteiger partial charge on any atom is 0.340 e. The van der Waals surface area contributed by atoms with Gasteiger partial charge in [-0.05, 0) is 67.2 Å². The van der Waals surface area contributed by atoms with Gasteiger partial charge in [0.15, 0.2) is 0 Å². The van der Waals surface area contributed by atoms with Gasteiger partial charge < -0.3 is 67.9 Å². The number of hydrogen-bond donors (Lipinski definition) is 11. The highest BCUT2D eigenvalue weighted by Gasteiger charge is 2.44. The van der Waals surface area contributed by atoms with E-state index in [2.05, 4.69) is 36.9 Å². The molecule has 2 aromatic rings. The Bertz CT molecular complexity index is 3180. The number of aliphatic imine (C=N–C) groups is 1. The van der Waals surface area contributed by atoms with Crippen LogP contribution >= 0.6 is 35.3 Å². The molecule has 101 heavy (non-hydrogen) atoms. The van der Waals surface area contributed by atoms with Crippen LogP contribution in [0.4, 0.5) is 4.79 Å². The van der Waals surface area contributed by atoms with Crippen molar-refractivity contribution < 1.29 is 82.8 Å². The lowest BCUT2D eigenvalue weighted by atomic mass is 10.0. The number of carbonyl (C=O) groups excluding carboxylic acids is 9. The Kier molecular flexibility index (Phi) is 35.1. The first-order valence-corrected chi connectivity index (χ1v) is 37.7. The van der Waals surface area contributed by atoms with Crippen molar-refractivity contribution in [3.05, 3.63) is 70.8 Å². The van der Waals surface area contributed by atoms with Crippen LogP contribution in [0.3, 0.4) is 0 Å². The van der Waals surface area contributed by atoms with Crippen molar-refractivity contribution in [1.82, 2.24) is 61.3 Å². The minimum absolute atomic E-state index is 0.0285. The molecular formula is C67H98N14O17S3. The third-order valence-corrected chi connectivity index (χ3v) is 20.8. The van der Waals surface area contributed by atoms with E-state index in [0.717, 1.165) is 23.1 Å². The molecule has 4 aliphatic heterocycles. The highest BCUT2D eigenvalue weighted by Crippen LogP contribution is 2.29. The van der Waals surface area contributed by atoms with Crippen molar-refractivity contribution >= 4 is 119 Å². The van der Waals surface area contributed by atoms with E-state index in [9.17, 15) is 82.8 Å². The quantitative estimate of drug-likeness (QED) is 0.0491. The average Bonchev–Trinajstić information content (AvgIpc) is 1.68. The maximum atomic E-state index is 14.9. The second-order valence-corrected chi connectivity index (χ2v) is 28.6. The molecule has 7 atom stereocenters. The molecule has 31 nitrogen and oxygen atoms in total. The molecule has 3 saturated heterocycles. The van der Waals surface area contributed by atoms with Crippen molar-refractivity contribution in [1.29, 1.82) is 0 Å². The maximum absolute atomic E-state index is 14.9. The lowest BCUT2D eigenvalue weighted by Gasteiger charge is -2.32. The van der Waals surface area contributed by atoms with E-state index in [1.54, 1.807) is 52.0 Å². The molecule has 2 aromatic carbocycles. The minimum atomic E-state index is -1.48. The standard InChI is InChI=1S/C67H98N14O17S3/c1-3-5-17-70-67(98)71-34-48-42-100-40-46-30-45(39-99-29-18-69-56(83)35-76-21-23-77(36-57(84)85)25-27-79(38-59(88)89)28-26-78(24-22-76)37-58(86)87)31-47(32-46)41-101-43-52(66(96)97)75-62(92)51(33-44-11-7-6-8-12-44)74-61(91)50(15-16-55(68)82)73-60(90)49(4-2)72-63(93)53-13-9-19-80(53)65(95)54-14-10-20-81(54)64(48)94/h6-8,11-12,30-32,34,48-54H,3-5,9-10,13-29,33,35-43H2,1-2H3,(H2,68,82)(H,69,83)(H,70,98)(H,72,93)(H,73,90)(H,74,91)(H,75,92)(H,84,85)(H,86,87)(H,88,89)(H,96,97)/b71-34+/t48?,49-,50-,51-,52-,53-,54-/m0/s1. The SMILES string of the molecule is CCCCNC(=O)/N=C/C1CSCc2cc(CSCCNC(=O)CN3CCN(CC(=O)O)CCN(CC(=O)O)CCN(CC(=O)O)CC3)cc(c2)CSC[C@@H](C(=O)O)NC(=O)[C@H](Cc2ccccc2)NC(=O)[C@H](CCC(N)=O)NC(=O)[C@H](CC)NC(=O)[C@@H]2CCCN2C(=O)[C@@H]2CCCN2C1=O. The summed E-state index contributed by atoms with van der Waals surface area (Å²) in [6, 6.07) is 6.27. The van der Waals surface area contributed by atoms with Crippen LogP contribution in [0, 0.1) is 5.92 Å². The van der Waals surface area contributed by atoms with Crippen molar-refractivity contribution in [3.63, 3.8) is 0 Å². The molecule has 10 amide bonds. The fraction of sp³-hybridized carbons (Fsp3) is 0.612. The number of fused-ring (bicyclic) bond motifs is 4. The smallest absolute Gasteiger partial charge is 0.340 e. The number of amides is 10. The first kappa shape index (κ1) is 82.1. The Morgan fingerprint density at radius 3 is 1.68 bits per heavy atom. The summed E-state index contributed by atoms with van der Waals surface area (Å²) in [7, 11) is 0. The lowest BCUT2D eigenvalue weighted by Crippen LogP contribution is -2.59. The van der Waals surface area contributed by atoms with Gasteiger partial charge in [-0.2, -0.15) is 35.3 Å². The number of nitrogens with one attached hydrogen (secondary N) is 6. The largest absolute Gasteiger partial charge is 0.480 e. The molecule has 34 heteroatoms. The number of primary amides is 1. The number of thioether (sulfide) groups is 3. The highest BCUT2D eigenvalue weighted by molar-refractivity contribution is 7.99. The van der Waals surface area contributed by atoms with Crippen molar-refractivity contribution in [2.24, 2.45) is 16.6 Å². The molecule has 0 spiro atoms. The van der Waals surface area contributed by atoms with E-state index in [4.69, 9.17) is 5.73 Å². The molecule has 2 bridgehead atoms. The summed E-state index contributed by atoms with van der Waals surface area (Å²) in [5.74, 6) is -9.32. The molecule has 6 rings (SSSR count). The molecule has 12 N–H and O–H groups in total. The van der Waals surface area contributed by atoms with Gasteiger partial charge in [-0.25, -0.2) is 14.6 Å². The Labute approximate surface area is 600 Å². The van der Waals surface area contributed by atoms with Gasteiger partial charge in [-0.15, -0.1) is 0 Å². The van der Waals surface area contributed by atoms with Crippen LogP contribution in [0.5, 0.6) is 0 Å². The number of aliphatic carboxylic acids is 4. The lowest BCUT2D eigenvalue weighted by molar-refractivity contribution is -0.147. The summed E-state index contributed by atoms with van der Waals surface area (Å²) in [6.45, 7) is 5.51. The summed E-state index contributed by atoms with van der Waals surface area (Å²) in [5.41, 5.74) is 8.58. The number of benzene rings is 2. The minimum Gasteiger partial charge on any atom is -0.480 e. The van der Waals surface area contributed by atoms with Crippen LogP contribution in [-0.4, -0.2) is 291 Å². The Balaban J connectivity index is 1.26. The number of rotatable bonds is 24. The second kappa shape index (κ2) is 43.2. The van der Waals surface area contributed by atoms with E-state index >= 15 is 0 Å². The monoisotopic (exact) mass is 1470 g/mol. The van der Waals surface area contributed by atoms with Crippen LogP contribution in [0.25, 0.3) is 0 Å². The fourth-order valence-corrected chi connectivity index (χ4v) is 14.9. The third-order valence-electron chi connectivity index (χ3n) is 17.5. The summed E-state index contributed by atoms with van der Waals surface area (Å²) >= 11 is 4.12. The number of carbonyl (C=O) groups is 13. The van der Waals surface area contributed by atoms with Gasteiger partial charge in [0.05, 0.1) is 32.1 Å². The molecule has 0 aromatic heterocycles. The fourth-order valence-electron chi connectivity index (χ4n) is 12.2.